The fraction of sp³-hybridized carbons (Fsp3) is 0.250. The van der Waals surface area contributed by atoms with Gasteiger partial charge in [-0.15, -0.1) is 0 Å². The molecule has 178 valence electrons. The summed E-state index contributed by atoms with van der Waals surface area (Å²) in [5.41, 5.74) is 5.37. The second-order valence-corrected chi connectivity index (χ2v) is 8.76. The highest BCUT2D eigenvalue weighted by molar-refractivity contribution is 5.78. The van der Waals surface area contributed by atoms with Crippen molar-refractivity contribution in [1.82, 2.24) is 15.0 Å². The number of hydrogen-bond acceptors (Lipinski definition) is 6. The first-order valence-electron chi connectivity index (χ1n) is 11.8. The molecular formula is C28H28N4O3. The Morgan fingerprint density at radius 1 is 0.886 bits per heavy atom. The SMILES string of the molecule is Cc1ccc(-c2noc(-c3ccc(OCC(=O)N4CCN(c5ccccc5C)CC4)cc3)n2)cc1. The minimum atomic E-state index is -0.00171. The van der Waals surface area contributed by atoms with E-state index in [2.05, 4.69) is 40.2 Å². The van der Waals surface area contributed by atoms with E-state index >= 15 is 0 Å². The number of ether oxygens (including phenoxy) is 1. The van der Waals surface area contributed by atoms with Crippen LogP contribution < -0.4 is 9.64 Å². The molecule has 0 spiro atoms. The van der Waals surface area contributed by atoms with Crippen molar-refractivity contribution < 1.29 is 14.1 Å². The van der Waals surface area contributed by atoms with Crippen LogP contribution in [-0.2, 0) is 4.79 Å². The maximum Gasteiger partial charge on any atom is 0.260 e. The molecule has 3 aromatic carbocycles. The Kier molecular flexibility index (Phi) is 6.48. The van der Waals surface area contributed by atoms with Crippen LogP contribution in [0.25, 0.3) is 22.8 Å². The minimum absolute atomic E-state index is 0.00171. The molecule has 0 bridgehead atoms. The zero-order valence-corrected chi connectivity index (χ0v) is 20.0. The smallest absolute Gasteiger partial charge is 0.260 e. The second-order valence-electron chi connectivity index (χ2n) is 8.76. The summed E-state index contributed by atoms with van der Waals surface area (Å²) in [6, 6.07) is 23.7. The number of nitrogens with zero attached hydrogens (tertiary/aromatic N) is 4. The van der Waals surface area contributed by atoms with Crippen molar-refractivity contribution in [3.8, 4) is 28.6 Å². The predicted molar refractivity (Wildman–Crippen MR) is 135 cm³/mol. The molecule has 1 fully saturated rings. The van der Waals surface area contributed by atoms with Crippen LogP contribution >= 0.6 is 0 Å². The molecule has 0 unspecified atom stereocenters. The van der Waals surface area contributed by atoms with Crippen molar-refractivity contribution in [2.75, 3.05) is 37.7 Å². The monoisotopic (exact) mass is 468 g/mol. The van der Waals surface area contributed by atoms with Gasteiger partial charge in [-0.25, -0.2) is 0 Å². The molecule has 0 N–H and O–H groups in total. The highest BCUT2D eigenvalue weighted by Crippen LogP contribution is 2.25. The summed E-state index contributed by atoms with van der Waals surface area (Å²) in [5.74, 6) is 1.61. The summed E-state index contributed by atoms with van der Waals surface area (Å²) in [6.45, 7) is 7.19. The number of aryl methyl sites for hydroxylation is 2. The van der Waals surface area contributed by atoms with Gasteiger partial charge in [-0.05, 0) is 49.7 Å². The average Bonchev–Trinajstić information content (AvgIpc) is 3.39. The number of anilines is 1. The van der Waals surface area contributed by atoms with Gasteiger partial charge in [-0.2, -0.15) is 4.98 Å². The fourth-order valence-corrected chi connectivity index (χ4v) is 4.21. The maximum absolute atomic E-state index is 12.7. The van der Waals surface area contributed by atoms with Gasteiger partial charge in [0, 0.05) is 43.0 Å². The second kappa shape index (κ2) is 10.0. The first-order valence-corrected chi connectivity index (χ1v) is 11.8. The third-order valence-electron chi connectivity index (χ3n) is 6.29. The topological polar surface area (TPSA) is 71.7 Å². The maximum atomic E-state index is 12.7. The quantitative estimate of drug-likeness (QED) is 0.407. The number of aromatic nitrogens is 2. The molecule has 2 heterocycles. The predicted octanol–water partition coefficient (Wildman–Crippen LogP) is 4.75. The van der Waals surface area contributed by atoms with Gasteiger partial charge in [-0.3, -0.25) is 4.79 Å². The Hall–Kier alpha value is -4.13. The zero-order chi connectivity index (χ0) is 24.2. The molecule has 0 atom stereocenters. The van der Waals surface area contributed by atoms with Crippen LogP contribution in [0.2, 0.25) is 0 Å². The van der Waals surface area contributed by atoms with Crippen molar-refractivity contribution in [1.29, 1.82) is 0 Å². The zero-order valence-electron chi connectivity index (χ0n) is 20.0. The molecule has 35 heavy (non-hydrogen) atoms. The van der Waals surface area contributed by atoms with Crippen molar-refractivity contribution in [2.45, 2.75) is 13.8 Å². The van der Waals surface area contributed by atoms with E-state index in [4.69, 9.17) is 9.26 Å². The molecule has 7 nitrogen and oxygen atoms in total. The number of piperazine rings is 1. The molecule has 1 saturated heterocycles. The van der Waals surface area contributed by atoms with E-state index in [1.54, 1.807) is 0 Å². The first-order chi connectivity index (χ1) is 17.1. The molecule has 0 radical (unpaired) electrons. The van der Waals surface area contributed by atoms with Gasteiger partial charge in [0.15, 0.2) is 6.61 Å². The Balaban J connectivity index is 1.13. The minimum Gasteiger partial charge on any atom is -0.484 e. The standard InChI is InChI=1S/C28H28N4O3/c1-20-7-9-22(10-8-20)27-29-28(35-30-27)23-11-13-24(14-12-23)34-19-26(33)32-17-15-31(16-18-32)25-6-4-3-5-21(25)2/h3-14H,15-19H2,1-2H3. The summed E-state index contributed by atoms with van der Waals surface area (Å²) in [6.07, 6.45) is 0. The van der Waals surface area contributed by atoms with E-state index in [1.807, 2.05) is 66.4 Å². The highest BCUT2D eigenvalue weighted by atomic mass is 16.5. The largest absolute Gasteiger partial charge is 0.484 e. The third-order valence-corrected chi connectivity index (χ3v) is 6.29. The van der Waals surface area contributed by atoms with Crippen molar-refractivity contribution in [2.24, 2.45) is 0 Å². The van der Waals surface area contributed by atoms with Gasteiger partial charge in [0.2, 0.25) is 5.82 Å². The Morgan fingerprint density at radius 2 is 1.57 bits per heavy atom. The summed E-state index contributed by atoms with van der Waals surface area (Å²) in [7, 11) is 0. The van der Waals surface area contributed by atoms with Gasteiger partial charge in [0.05, 0.1) is 0 Å². The number of carbonyl (C=O) groups excluding carboxylic acids is 1. The molecule has 0 saturated carbocycles. The molecule has 4 aromatic rings. The van der Waals surface area contributed by atoms with Crippen molar-refractivity contribution in [3.63, 3.8) is 0 Å². The summed E-state index contributed by atoms with van der Waals surface area (Å²) in [4.78, 5) is 21.4. The highest BCUT2D eigenvalue weighted by Gasteiger charge is 2.22. The lowest BCUT2D eigenvalue weighted by molar-refractivity contribution is -0.133. The van der Waals surface area contributed by atoms with Crippen LogP contribution in [0.4, 0.5) is 5.69 Å². The first kappa shape index (κ1) is 22.7. The molecule has 7 heteroatoms. The van der Waals surface area contributed by atoms with Gasteiger partial charge >= 0.3 is 0 Å². The third kappa shape index (κ3) is 5.19. The lowest BCUT2D eigenvalue weighted by Crippen LogP contribution is -2.50. The molecule has 1 amide bonds. The summed E-state index contributed by atoms with van der Waals surface area (Å²) >= 11 is 0. The van der Waals surface area contributed by atoms with Crippen LogP contribution in [0, 0.1) is 13.8 Å². The molecule has 0 aliphatic carbocycles. The van der Waals surface area contributed by atoms with Gasteiger partial charge in [-0.1, -0.05) is 53.2 Å². The van der Waals surface area contributed by atoms with Gasteiger partial charge < -0.3 is 19.1 Å². The lowest BCUT2D eigenvalue weighted by Gasteiger charge is -2.36. The number of para-hydroxylation sites is 1. The fourth-order valence-electron chi connectivity index (χ4n) is 4.21. The summed E-state index contributed by atoms with van der Waals surface area (Å²) in [5, 5.41) is 4.08. The number of hydrogen-bond donors (Lipinski definition) is 0. The average molecular weight is 469 g/mol. The van der Waals surface area contributed by atoms with E-state index in [9.17, 15) is 4.79 Å². The molecule has 1 aliphatic heterocycles. The van der Waals surface area contributed by atoms with Gasteiger partial charge in [0.1, 0.15) is 5.75 Å². The normalized spacial score (nSPS) is 13.7. The van der Waals surface area contributed by atoms with E-state index in [0.717, 1.165) is 24.2 Å². The number of rotatable bonds is 6. The Bertz CT molecular complexity index is 1290. The van der Waals surface area contributed by atoms with E-state index in [-0.39, 0.29) is 12.5 Å². The number of amides is 1. The van der Waals surface area contributed by atoms with E-state index in [0.29, 0.717) is 30.6 Å². The van der Waals surface area contributed by atoms with Gasteiger partial charge in [0.25, 0.3) is 11.8 Å². The van der Waals surface area contributed by atoms with Crippen LogP contribution in [0.15, 0.2) is 77.3 Å². The Labute approximate surface area is 204 Å². The number of benzene rings is 3. The van der Waals surface area contributed by atoms with E-state index in [1.165, 1.54) is 16.8 Å². The van der Waals surface area contributed by atoms with Crippen molar-refractivity contribution >= 4 is 11.6 Å². The molecule has 1 aromatic heterocycles. The van der Waals surface area contributed by atoms with E-state index < -0.39 is 0 Å². The van der Waals surface area contributed by atoms with Crippen LogP contribution in [0.3, 0.4) is 0 Å². The lowest BCUT2D eigenvalue weighted by atomic mass is 10.1. The number of carbonyl (C=O) groups is 1. The molecular weight excluding hydrogens is 440 g/mol. The summed E-state index contributed by atoms with van der Waals surface area (Å²) < 4.78 is 11.2. The van der Waals surface area contributed by atoms with Crippen LogP contribution in [-0.4, -0.2) is 53.7 Å². The molecule has 5 rings (SSSR count). The Morgan fingerprint density at radius 3 is 2.29 bits per heavy atom. The molecule has 1 aliphatic rings. The van der Waals surface area contributed by atoms with Crippen LogP contribution in [0.5, 0.6) is 5.75 Å². The van der Waals surface area contributed by atoms with Crippen LogP contribution in [0.1, 0.15) is 11.1 Å². The van der Waals surface area contributed by atoms with Crippen molar-refractivity contribution in [3.05, 3.63) is 83.9 Å².